The summed E-state index contributed by atoms with van der Waals surface area (Å²) in [6, 6.07) is 13.6. The molecule has 3 unspecified atom stereocenters. The predicted octanol–water partition coefficient (Wildman–Crippen LogP) is 6.14. The number of hydrogen-bond acceptors (Lipinski definition) is 5. The number of phenols is 1. The molecule has 0 aromatic heterocycles. The Kier molecular flexibility index (Phi) is 13.2. The van der Waals surface area contributed by atoms with Gasteiger partial charge in [-0.25, -0.2) is 4.79 Å². The summed E-state index contributed by atoms with van der Waals surface area (Å²) in [5.74, 6) is -0.206. The zero-order valence-corrected chi connectivity index (χ0v) is 25.8. The fraction of sp³-hybridized carbons (Fsp3) is 0.545. The lowest BCUT2D eigenvalue weighted by Gasteiger charge is -2.39. The van der Waals surface area contributed by atoms with E-state index < -0.39 is 23.8 Å². The molecule has 2 rings (SSSR count). The number of carbonyl (C=O) groups excluding carboxylic acids is 3. The zero-order chi connectivity index (χ0) is 30.6. The van der Waals surface area contributed by atoms with Gasteiger partial charge in [0.15, 0.2) is 0 Å². The van der Waals surface area contributed by atoms with Crippen molar-refractivity contribution in [2.45, 2.75) is 104 Å². The number of carbonyl (C=O) groups is 3. The van der Waals surface area contributed by atoms with Crippen LogP contribution >= 0.6 is 0 Å². The summed E-state index contributed by atoms with van der Waals surface area (Å²) < 4.78 is 5.52. The van der Waals surface area contributed by atoms with E-state index in [1.165, 1.54) is 12.1 Å². The molecular weight excluding hydrogens is 518 g/mol. The average molecular weight is 568 g/mol. The molecule has 0 aliphatic rings. The molecule has 3 N–H and O–H groups in total. The number of nitrogens with one attached hydrogen (secondary N) is 2. The van der Waals surface area contributed by atoms with E-state index in [4.69, 9.17) is 4.74 Å². The van der Waals surface area contributed by atoms with Gasteiger partial charge in [-0.1, -0.05) is 69.7 Å². The second-order valence-electron chi connectivity index (χ2n) is 12.1. The summed E-state index contributed by atoms with van der Waals surface area (Å²) in [5, 5.41) is 15.8. The van der Waals surface area contributed by atoms with Gasteiger partial charge in [-0.3, -0.25) is 9.59 Å². The van der Waals surface area contributed by atoms with Crippen molar-refractivity contribution < 1.29 is 24.2 Å². The Bertz CT molecular complexity index is 1100. The molecule has 0 aliphatic heterocycles. The normalized spacial score (nSPS) is 13.7. The Labute approximate surface area is 245 Å². The molecule has 8 nitrogen and oxygen atoms in total. The minimum Gasteiger partial charge on any atom is -0.508 e. The number of unbranched alkanes of at least 4 members (excludes halogenated alkanes) is 1. The molecule has 0 fully saturated rings. The van der Waals surface area contributed by atoms with Crippen molar-refractivity contribution in [1.82, 2.24) is 15.5 Å². The molecule has 3 amide bonds. The van der Waals surface area contributed by atoms with E-state index in [-0.39, 0.29) is 30.0 Å². The maximum absolute atomic E-state index is 14.6. The van der Waals surface area contributed by atoms with E-state index in [9.17, 15) is 19.5 Å². The van der Waals surface area contributed by atoms with Crippen molar-refractivity contribution >= 4 is 17.9 Å². The van der Waals surface area contributed by atoms with Gasteiger partial charge in [0.1, 0.15) is 23.4 Å². The third-order valence-corrected chi connectivity index (χ3v) is 6.73. The Hall–Kier alpha value is -3.55. The standard InChI is InChI=1S/C33H49N3O5/c1-8-9-21-34-30(38)29(26-17-19-27(37)20-18-26)36(24(4)16-15-23(2)3)31(39)28(22-25-13-11-10-12-14-25)35-32(40)41-33(5,6)7/h10-14,17-20,23-24,28-29,37H,8-9,15-16,21-22H2,1-7H3,(H,34,38)(H,35,40). The molecule has 226 valence electrons. The molecule has 2 aromatic carbocycles. The number of benzene rings is 2. The largest absolute Gasteiger partial charge is 0.508 e. The lowest BCUT2D eigenvalue weighted by molar-refractivity contribution is -0.145. The molecule has 41 heavy (non-hydrogen) atoms. The topological polar surface area (TPSA) is 108 Å². The van der Waals surface area contributed by atoms with Crippen molar-refractivity contribution in [3.8, 4) is 5.75 Å². The fourth-order valence-electron chi connectivity index (χ4n) is 4.57. The van der Waals surface area contributed by atoms with Gasteiger partial charge in [-0.2, -0.15) is 0 Å². The second kappa shape index (κ2) is 16.0. The minimum atomic E-state index is -0.975. The number of nitrogens with zero attached hydrogens (tertiary/aromatic N) is 1. The summed E-state index contributed by atoms with van der Waals surface area (Å²) >= 11 is 0. The van der Waals surface area contributed by atoms with Crippen LogP contribution in [0.25, 0.3) is 0 Å². The van der Waals surface area contributed by atoms with Gasteiger partial charge >= 0.3 is 6.09 Å². The highest BCUT2D eigenvalue weighted by Crippen LogP contribution is 2.29. The molecule has 2 aromatic rings. The first kappa shape index (κ1) is 33.7. The Balaban J connectivity index is 2.59. The van der Waals surface area contributed by atoms with Gasteiger partial charge in [0.2, 0.25) is 11.8 Å². The van der Waals surface area contributed by atoms with Crippen molar-refractivity contribution in [2.24, 2.45) is 5.92 Å². The number of ether oxygens (including phenoxy) is 1. The van der Waals surface area contributed by atoms with Gasteiger partial charge < -0.3 is 25.4 Å². The van der Waals surface area contributed by atoms with Crippen LogP contribution in [-0.4, -0.2) is 52.1 Å². The van der Waals surface area contributed by atoms with Crippen molar-refractivity contribution in [3.05, 3.63) is 65.7 Å². The van der Waals surface area contributed by atoms with Crippen molar-refractivity contribution in [2.75, 3.05) is 6.54 Å². The Morgan fingerprint density at radius 2 is 1.59 bits per heavy atom. The van der Waals surface area contributed by atoms with E-state index in [2.05, 4.69) is 24.5 Å². The number of alkyl carbamates (subject to hydrolysis) is 1. The van der Waals surface area contributed by atoms with Crippen LogP contribution in [0, 0.1) is 5.92 Å². The molecule has 0 spiro atoms. The maximum Gasteiger partial charge on any atom is 0.408 e. The third kappa shape index (κ3) is 11.5. The summed E-state index contributed by atoms with van der Waals surface area (Å²) in [6.07, 6.45) is 2.78. The summed E-state index contributed by atoms with van der Waals surface area (Å²) in [6.45, 7) is 14.0. The van der Waals surface area contributed by atoms with E-state index in [1.807, 2.05) is 44.2 Å². The quantitative estimate of drug-likeness (QED) is 0.238. The lowest BCUT2D eigenvalue weighted by Crippen LogP contribution is -2.56. The van der Waals surface area contributed by atoms with Crippen molar-refractivity contribution in [1.29, 1.82) is 0 Å². The zero-order valence-electron chi connectivity index (χ0n) is 25.8. The van der Waals surface area contributed by atoms with E-state index >= 15 is 0 Å². The third-order valence-electron chi connectivity index (χ3n) is 6.73. The highest BCUT2D eigenvalue weighted by atomic mass is 16.6. The van der Waals surface area contributed by atoms with Crippen LogP contribution in [0.3, 0.4) is 0 Å². The van der Waals surface area contributed by atoms with Gasteiger partial charge in [0.05, 0.1) is 0 Å². The summed E-state index contributed by atoms with van der Waals surface area (Å²) in [5.41, 5.74) is 0.699. The molecule has 0 bridgehead atoms. The first-order valence-electron chi connectivity index (χ1n) is 14.7. The molecule has 3 atom stereocenters. The molecule has 0 saturated heterocycles. The van der Waals surface area contributed by atoms with Crippen LogP contribution in [0.1, 0.15) is 91.3 Å². The van der Waals surface area contributed by atoms with E-state index in [1.54, 1.807) is 37.8 Å². The molecule has 0 aliphatic carbocycles. The Morgan fingerprint density at radius 1 is 0.951 bits per heavy atom. The average Bonchev–Trinajstić information content (AvgIpc) is 2.90. The molecular formula is C33H49N3O5. The monoisotopic (exact) mass is 567 g/mol. The van der Waals surface area contributed by atoms with Crippen molar-refractivity contribution in [3.63, 3.8) is 0 Å². The van der Waals surface area contributed by atoms with Gasteiger partial charge in [-0.05, 0) is 76.1 Å². The van der Waals surface area contributed by atoms with E-state index in [0.717, 1.165) is 24.8 Å². The SMILES string of the molecule is CCCCNC(=O)C(c1ccc(O)cc1)N(C(=O)C(Cc1ccccc1)NC(=O)OC(C)(C)C)C(C)CCC(C)C. The predicted molar refractivity (Wildman–Crippen MR) is 162 cm³/mol. The van der Waals surface area contributed by atoms with Crippen LogP contribution in [0.4, 0.5) is 4.79 Å². The molecule has 8 heteroatoms. The highest BCUT2D eigenvalue weighted by Gasteiger charge is 2.39. The lowest BCUT2D eigenvalue weighted by atomic mass is 9.96. The number of amides is 3. The van der Waals surface area contributed by atoms with Crippen LogP contribution in [-0.2, 0) is 20.7 Å². The number of aromatic hydroxyl groups is 1. The molecule has 0 radical (unpaired) electrons. The highest BCUT2D eigenvalue weighted by molar-refractivity contribution is 5.92. The fourth-order valence-corrected chi connectivity index (χ4v) is 4.57. The Morgan fingerprint density at radius 3 is 2.15 bits per heavy atom. The molecule has 0 heterocycles. The number of rotatable bonds is 14. The first-order chi connectivity index (χ1) is 19.3. The van der Waals surface area contributed by atoms with Crippen LogP contribution in [0.2, 0.25) is 0 Å². The summed E-state index contributed by atoms with van der Waals surface area (Å²) in [7, 11) is 0. The van der Waals surface area contributed by atoms with Crippen LogP contribution in [0.5, 0.6) is 5.75 Å². The van der Waals surface area contributed by atoms with Gasteiger partial charge in [0, 0.05) is 19.0 Å². The maximum atomic E-state index is 14.6. The summed E-state index contributed by atoms with van der Waals surface area (Å²) in [4.78, 5) is 42.9. The number of phenolic OH excluding ortho intramolecular Hbond substituents is 1. The first-order valence-corrected chi connectivity index (χ1v) is 14.7. The van der Waals surface area contributed by atoms with E-state index in [0.29, 0.717) is 24.4 Å². The minimum absolute atomic E-state index is 0.0678. The van der Waals surface area contributed by atoms with Crippen LogP contribution < -0.4 is 10.6 Å². The second-order valence-corrected chi connectivity index (χ2v) is 12.1. The smallest absolute Gasteiger partial charge is 0.408 e. The van der Waals surface area contributed by atoms with Gasteiger partial charge in [-0.15, -0.1) is 0 Å². The van der Waals surface area contributed by atoms with Gasteiger partial charge in [0.25, 0.3) is 0 Å². The number of hydrogen-bond donors (Lipinski definition) is 3. The van der Waals surface area contributed by atoms with Crippen LogP contribution in [0.15, 0.2) is 54.6 Å². The molecule has 0 saturated carbocycles.